The normalized spacial score (nSPS) is 10.2. The number of halogens is 1. The molecule has 0 aliphatic rings. The maximum Gasteiger partial charge on any atom is 0.319 e. The summed E-state index contributed by atoms with van der Waals surface area (Å²) >= 11 is 0. The van der Waals surface area contributed by atoms with E-state index in [0.717, 1.165) is 5.69 Å². The molecule has 2 amide bonds. The zero-order valence-corrected chi connectivity index (χ0v) is 11.3. The zero-order chi connectivity index (χ0) is 14.5. The van der Waals surface area contributed by atoms with Crippen molar-refractivity contribution in [1.29, 1.82) is 0 Å². The van der Waals surface area contributed by atoms with Crippen LogP contribution in [0.1, 0.15) is 17.0 Å². The maximum absolute atomic E-state index is 13.3. The van der Waals surface area contributed by atoms with Crippen molar-refractivity contribution in [1.82, 2.24) is 15.3 Å². The highest BCUT2D eigenvalue weighted by atomic mass is 19.1. The fourth-order valence-corrected chi connectivity index (χ4v) is 1.53. The highest BCUT2D eigenvalue weighted by Crippen LogP contribution is 2.13. The number of aryl methyl sites for hydroxylation is 2. The van der Waals surface area contributed by atoms with Crippen molar-refractivity contribution in [2.75, 3.05) is 5.32 Å². The van der Waals surface area contributed by atoms with Crippen LogP contribution in [0.3, 0.4) is 0 Å². The van der Waals surface area contributed by atoms with Crippen LogP contribution in [0.4, 0.5) is 14.9 Å². The van der Waals surface area contributed by atoms with Gasteiger partial charge in [-0.25, -0.2) is 9.18 Å². The average molecular weight is 274 g/mol. The molecule has 20 heavy (non-hydrogen) atoms. The Morgan fingerprint density at radius 1 is 1.25 bits per heavy atom. The van der Waals surface area contributed by atoms with E-state index in [-0.39, 0.29) is 12.4 Å². The summed E-state index contributed by atoms with van der Waals surface area (Å²) in [4.78, 5) is 19.9. The smallest absolute Gasteiger partial charge is 0.319 e. The summed E-state index contributed by atoms with van der Waals surface area (Å²) in [5.74, 6) is -0.354. The van der Waals surface area contributed by atoms with Gasteiger partial charge in [0.05, 0.1) is 24.1 Å². The third-order valence-electron chi connectivity index (χ3n) is 2.69. The van der Waals surface area contributed by atoms with Crippen LogP contribution in [0.15, 0.2) is 30.6 Å². The topological polar surface area (TPSA) is 66.9 Å². The molecule has 5 nitrogen and oxygen atoms in total. The lowest BCUT2D eigenvalue weighted by molar-refractivity contribution is 0.251. The Morgan fingerprint density at radius 3 is 2.70 bits per heavy atom. The highest BCUT2D eigenvalue weighted by Gasteiger charge is 2.04. The van der Waals surface area contributed by atoms with Gasteiger partial charge in [0.2, 0.25) is 0 Å². The monoisotopic (exact) mass is 274 g/mol. The lowest BCUT2D eigenvalue weighted by Crippen LogP contribution is -2.28. The third kappa shape index (κ3) is 3.74. The fourth-order valence-electron chi connectivity index (χ4n) is 1.53. The molecular formula is C14H15FN4O. The second-order valence-electron chi connectivity index (χ2n) is 4.42. The molecule has 0 spiro atoms. The molecule has 0 aliphatic carbocycles. The van der Waals surface area contributed by atoms with Crippen molar-refractivity contribution < 1.29 is 9.18 Å². The number of anilines is 1. The van der Waals surface area contributed by atoms with Gasteiger partial charge in [-0.2, -0.15) is 0 Å². The van der Waals surface area contributed by atoms with Crippen molar-refractivity contribution in [3.63, 3.8) is 0 Å². The van der Waals surface area contributed by atoms with Crippen LogP contribution in [0.25, 0.3) is 0 Å². The largest absolute Gasteiger partial charge is 0.332 e. The van der Waals surface area contributed by atoms with Gasteiger partial charge in [0.1, 0.15) is 5.82 Å². The molecule has 0 saturated heterocycles. The van der Waals surface area contributed by atoms with Gasteiger partial charge in [-0.1, -0.05) is 6.07 Å². The van der Waals surface area contributed by atoms with Gasteiger partial charge in [-0.3, -0.25) is 9.97 Å². The lowest BCUT2D eigenvalue weighted by atomic mass is 10.2. The Bertz CT molecular complexity index is 613. The predicted octanol–water partition coefficient (Wildman–Crippen LogP) is 2.55. The second-order valence-corrected chi connectivity index (χ2v) is 4.42. The molecule has 1 aromatic heterocycles. The molecule has 104 valence electrons. The van der Waals surface area contributed by atoms with E-state index < -0.39 is 6.03 Å². The fraction of sp³-hybridized carbons (Fsp3) is 0.214. The van der Waals surface area contributed by atoms with E-state index in [4.69, 9.17) is 0 Å². The number of carbonyl (C=O) groups is 1. The van der Waals surface area contributed by atoms with Crippen molar-refractivity contribution in [3.05, 3.63) is 53.4 Å². The van der Waals surface area contributed by atoms with E-state index in [1.54, 1.807) is 31.5 Å². The number of carbonyl (C=O) groups excluding carboxylic acids is 1. The Hall–Kier alpha value is -2.50. The minimum absolute atomic E-state index is 0.257. The number of benzene rings is 1. The first-order valence-electron chi connectivity index (χ1n) is 6.13. The molecule has 0 atom stereocenters. The second kappa shape index (κ2) is 6.10. The molecule has 0 unspecified atom stereocenters. The molecule has 1 aromatic carbocycles. The first kappa shape index (κ1) is 13.9. The van der Waals surface area contributed by atoms with Gasteiger partial charge in [-0.05, 0) is 31.5 Å². The van der Waals surface area contributed by atoms with E-state index in [2.05, 4.69) is 20.6 Å². The summed E-state index contributed by atoms with van der Waals surface area (Å²) in [5, 5.41) is 5.18. The number of nitrogens with zero attached hydrogens (tertiary/aromatic N) is 2. The number of rotatable bonds is 3. The van der Waals surface area contributed by atoms with Crippen molar-refractivity contribution >= 4 is 11.7 Å². The highest BCUT2D eigenvalue weighted by molar-refractivity contribution is 5.89. The number of aromatic nitrogens is 2. The first-order chi connectivity index (χ1) is 9.54. The zero-order valence-electron chi connectivity index (χ0n) is 11.3. The predicted molar refractivity (Wildman–Crippen MR) is 73.8 cm³/mol. The van der Waals surface area contributed by atoms with Crippen LogP contribution >= 0.6 is 0 Å². The third-order valence-corrected chi connectivity index (χ3v) is 2.69. The Morgan fingerprint density at radius 2 is 2.05 bits per heavy atom. The van der Waals surface area contributed by atoms with Gasteiger partial charge < -0.3 is 10.6 Å². The van der Waals surface area contributed by atoms with Crippen LogP contribution in [-0.4, -0.2) is 16.0 Å². The van der Waals surface area contributed by atoms with Crippen LogP contribution < -0.4 is 10.6 Å². The van der Waals surface area contributed by atoms with E-state index in [1.807, 2.05) is 6.92 Å². The van der Waals surface area contributed by atoms with Crippen LogP contribution in [0, 0.1) is 19.7 Å². The van der Waals surface area contributed by atoms with Crippen molar-refractivity contribution in [2.45, 2.75) is 20.4 Å². The summed E-state index contributed by atoms with van der Waals surface area (Å²) in [6.07, 6.45) is 3.23. The summed E-state index contributed by atoms with van der Waals surface area (Å²) in [5.41, 5.74) is 2.40. The summed E-state index contributed by atoms with van der Waals surface area (Å²) in [7, 11) is 0. The van der Waals surface area contributed by atoms with Crippen molar-refractivity contribution in [2.24, 2.45) is 0 Å². The molecule has 6 heteroatoms. The van der Waals surface area contributed by atoms with Crippen LogP contribution in [0.5, 0.6) is 0 Å². The molecule has 2 N–H and O–H groups in total. The van der Waals surface area contributed by atoms with E-state index in [0.29, 0.717) is 16.9 Å². The lowest BCUT2D eigenvalue weighted by Gasteiger charge is -2.08. The minimum atomic E-state index is -0.421. The maximum atomic E-state index is 13.3. The SMILES string of the molecule is Cc1cnc(CNC(=O)Nc2ccc(C)c(F)c2)cn1. The molecule has 1 heterocycles. The number of hydrogen-bond acceptors (Lipinski definition) is 3. The molecule has 2 aromatic rings. The molecule has 0 fully saturated rings. The number of hydrogen-bond donors (Lipinski definition) is 2. The van der Waals surface area contributed by atoms with Crippen LogP contribution in [-0.2, 0) is 6.54 Å². The number of nitrogens with one attached hydrogen (secondary N) is 2. The first-order valence-corrected chi connectivity index (χ1v) is 6.13. The van der Waals surface area contributed by atoms with Gasteiger partial charge >= 0.3 is 6.03 Å². The van der Waals surface area contributed by atoms with Crippen molar-refractivity contribution in [3.8, 4) is 0 Å². The van der Waals surface area contributed by atoms with E-state index >= 15 is 0 Å². The molecule has 0 radical (unpaired) electrons. The van der Waals surface area contributed by atoms with Crippen LogP contribution in [0.2, 0.25) is 0 Å². The van der Waals surface area contributed by atoms with Gasteiger partial charge in [0, 0.05) is 11.9 Å². The molecule has 2 rings (SSSR count). The molecular weight excluding hydrogens is 259 g/mol. The van der Waals surface area contributed by atoms with E-state index in [1.165, 1.54) is 6.07 Å². The molecule has 0 aliphatic heterocycles. The molecule has 0 bridgehead atoms. The number of amides is 2. The quantitative estimate of drug-likeness (QED) is 0.904. The van der Waals surface area contributed by atoms with Gasteiger partial charge in [-0.15, -0.1) is 0 Å². The Labute approximate surface area is 116 Å². The standard InChI is InChI=1S/C14H15FN4O/c1-9-3-4-11(5-13(9)15)19-14(20)18-8-12-7-16-10(2)6-17-12/h3-7H,8H2,1-2H3,(H2,18,19,20). The number of urea groups is 1. The summed E-state index contributed by atoms with van der Waals surface area (Å²) in [6, 6.07) is 4.11. The molecule has 0 saturated carbocycles. The van der Waals surface area contributed by atoms with Gasteiger partial charge in [0.25, 0.3) is 0 Å². The summed E-state index contributed by atoms with van der Waals surface area (Å²) in [6.45, 7) is 3.76. The minimum Gasteiger partial charge on any atom is -0.332 e. The van der Waals surface area contributed by atoms with E-state index in [9.17, 15) is 9.18 Å². The average Bonchev–Trinajstić information content (AvgIpc) is 2.42. The summed E-state index contributed by atoms with van der Waals surface area (Å²) < 4.78 is 13.3. The Balaban J connectivity index is 1.89. The Kier molecular flexibility index (Phi) is 4.24. The van der Waals surface area contributed by atoms with Gasteiger partial charge in [0.15, 0.2) is 0 Å².